The Morgan fingerprint density at radius 2 is 1.95 bits per heavy atom. The molecule has 1 rings (SSSR count). The number of amides is 1. The lowest BCUT2D eigenvalue weighted by molar-refractivity contribution is 0.0415. The van der Waals surface area contributed by atoms with E-state index in [4.69, 9.17) is 10.5 Å². The van der Waals surface area contributed by atoms with Crippen LogP contribution >= 0.6 is 0 Å². The summed E-state index contributed by atoms with van der Waals surface area (Å²) in [6.45, 7) is 5.54. The number of nitrogens with one attached hydrogen (secondary N) is 1. The number of hydrogen-bond acceptors (Lipinski definition) is 4. The first-order valence-corrected chi connectivity index (χ1v) is 6.86. The molecule has 1 amide bonds. The number of benzene rings is 1. The second-order valence-corrected chi connectivity index (χ2v) is 5.83. The van der Waals surface area contributed by atoms with Crippen LogP contribution in [0, 0.1) is 5.82 Å². The Bertz CT molecular complexity index is 457. The predicted octanol–water partition coefficient (Wildman–Crippen LogP) is 2.10. The van der Waals surface area contributed by atoms with Crippen LogP contribution in [-0.4, -0.2) is 29.4 Å². The summed E-state index contributed by atoms with van der Waals surface area (Å²) in [4.78, 5) is 11.8. The molecule has 0 aromatic heterocycles. The molecule has 5 nitrogen and oxygen atoms in total. The first-order chi connectivity index (χ1) is 9.73. The number of carbonyl (C=O) groups excluding carboxylic acids is 1. The highest BCUT2D eigenvalue weighted by molar-refractivity contribution is 5.68. The van der Waals surface area contributed by atoms with Crippen LogP contribution < -0.4 is 11.1 Å². The molecule has 0 fully saturated rings. The molecular weight excluding hydrogens is 275 g/mol. The molecule has 2 atom stereocenters. The Balaban J connectivity index is 2.76. The average molecular weight is 298 g/mol. The van der Waals surface area contributed by atoms with Crippen molar-refractivity contribution < 1.29 is 19.0 Å². The predicted molar refractivity (Wildman–Crippen MR) is 78.2 cm³/mol. The SMILES string of the molecule is CC(C)(C)OC(=O)NC(CCN)C(O)c1ccc(F)cc1. The van der Waals surface area contributed by atoms with Gasteiger partial charge in [-0.1, -0.05) is 12.1 Å². The van der Waals surface area contributed by atoms with Crippen molar-refractivity contribution in [2.75, 3.05) is 6.54 Å². The Morgan fingerprint density at radius 1 is 1.38 bits per heavy atom. The second kappa shape index (κ2) is 7.38. The molecule has 0 radical (unpaired) electrons. The minimum atomic E-state index is -0.985. The van der Waals surface area contributed by atoms with E-state index in [1.165, 1.54) is 24.3 Å². The zero-order valence-corrected chi connectivity index (χ0v) is 12.6. The lowest BCUT2D eigenvalue weighted by Crippen LogP contribution is -2.43. The van der Waals surface area contributed by atoms with E-state index in [0.29, 0.717) is 18.5 Å². The number of carbonyl (C=O) groups is 1. The highest BCUT2D eigenvalue weighted by Crippen LogP contribution is 2.20. The van der Waals surface area contributed by atoms with Crippen molar-refractivity contribution in [3.63, 3.8) is 0 Å². The fraction of sp³-hybridized carbons (Fsp3) is 0.533. The summed E-state index contributed by atoms with van der Waals surface area (Å²) in [6, 6.07) is 4.85. The molecule has 0 spiro atoms. The van der Waals surface area contributed by atoms with Gasteiger partial charge in [0.25, 0.3) is 0 Å². The van der Waals surface area contributed by atoms with E-state index < -0.39 is 23.8 Å². The van der Waals surface area contributed by atoms with Gasteiger partial charge in [0.1, 0.15) is 11.4 Å². The molecule has 2 unspecified atom stereocenters. The summed E-state index contributed by atoms with van der Waals surface area (Å²) >= 11 is 0. The summed E-state index contributed by atoms with van der Waals surface area (Å²) in [6.07, 6.45) is -1.23. The van der Waals surface area contributed by atoms with Gasteiger partial charge in [-0.15, -0.1) is 0 Å². The maximum atomic E-state index is 12.9. The summed E-state index contributed by atoms with van der Waals surface area (Å²) in [5.74, 6) is -0.388. The number of halogens is 1. The van der Waals surface area contributed by atoms with Gasteiger partial charge in [0.2, 0.25) is 0 Å². The topological polar surface area (TPSA) is 84.6 Å². The number of ether oxygens (including phenoxy) is 1. The van der Waals surface area contributed by atoms with Crippen molar-refractivity contribution in [2.24, 2.45) is 5.73 Å². The van der Waals surface area contributed by atoms with Gasteiger partial charge in [0, 0.05) is 0 Å². The van der Waals surface area contributed by atoms with Crippen molar-refractivity contribution in [1.82, 2.24) is 5.32 Å². The van der Waals surface area contributed by atoms with Crippen LogP contribution in [-0.2, 0) is 4.74 Å². The summed E-state index contributed by atoms with van der Waals surface area (Å²) in [5.41, 5.74) is 5.39. The van der Waals surface area contributed by atoms with Crippen molar-refractivity contribution in [3.05, 3.63) is 35.6 Å². The molecule has 0 saturated carbocycles. The summed E-state index contributed by atoms with van der Waals surface area (Å²) in [7, 11) is 0. The van der Waals surface area contributed by atoms with Gasteiger partial charge in [0.05, 0.1) is 12.1 Å². The zero-order chi connectivity index (χ0) is 16.0. The fourth-order valence-electron chi connectivity index (χ4n) is 1.84. The van der Waals surface area contributed by atoms with E-state index in [2.05, 4.69) is 5.32 Å². The van der Waals surface area contributed by atoms with Crippen molar-refractivity contribution in [3.8, 4) is 0 Å². The lowest BCUT2D eigenvalue weighted by Gasteiger charge is -2.26. The van der Waals surface area contributed by atoms with Gasteiger partial charge >= 0.3 is 6.09 Å². The third-order valence-corrected chi connectivity index (χ3v) is 2.77. The molecule has 0 aliphatic heterocycles. The van der Waals surface area contributed by atoms with E-state index in [-0.39, 0.29) is 5.82 Å². The smallest absolute Gasteiger partial charge is 0.407 e. The standard InChI is InChI=1S/C15H23FN2O3/c1-15(2,3)21-14(20)18-12(8-9-17)13(19)10-4-6-11(16)7-5-10/h4-7,12-13,19H,8-9,17H2,1-3H3,(H,18,20). The van der Waals surface area contributed by atoms with E-state index >= 15 is 0 Å². The number of rotatable bonds is 5. The van der Waals surface area contributed by atoms with Gasteiger partial charge in [0.15, 0.2) is 0 Å². The van der Waals surface area contributed by atoms with E-state index in [9.17, 15) is 14.3 Å². The minimum Gasteiger partial charge on any atom is -0.444 e. The molecule has 21 heavy (non-hydrogen) atoms. The Morgan fingerprint density at radius 3 is 2.43 bits per heavy atom. The van der Waals surface area contributed by atoms with Gasteiger partial charge in [-0.3, -0.25) is 0 Å². The van der Waals surface area contributed by atoms with Crippen molar-refractivity contribution in [2.45, 2.75) is 44.9 Å². The highest BCUT2D eigenvalue weighted by atomic mass is 19.1. The van der Waals surface area contributed by atoms with E-state index in [1.54, 1.807) is 20.8 Å². The Hall–Kier alpha value is -1.66. The molecule has 0 saturated heterocycles. The fourth-order valence-corrected chi connectivity index (χ4v) is 1.84. The minimum absolute atomic E-state index is 0.290. The van der Waals surface area contributed by atoms with E-state index in [0.717, 1.165) is 0 Å². The van der Waals surface area contributed by atoms with Crippen LogP contribution in [0.15, 0.2) is 24.3 Å². The molecule has 0 heterocycles. The Labute approximate surface area is 124 Å². The number of nitrogens with two attached hydrogens (primary N) is 1. The number of alkyl carbamates (subject to hydrolysis) is 1. The van der Waals surface area contributed by atoms with Crippen LogP contribution in [0.5, 0.6) is 0 Å². The van der Waals surface area contributed by atoms with Gasteiger partial charge in [-0.2, -0.15) is 0 Å². The van der Waals surface area contributed by atoms with Crippen LogP contribution in [0.4, 0.5) is 9.18 Å². The van der Waals surface area contributed by atoms with Gasteiger partial charge < -0.3 is 20.9 Å². The van der Waals surface area contributed by atoms with Crippen LogP contribution in [0.3, 0.4) is 0 Å². The first kappa shape index (κ1) is 17.4. The lowest BCUT2D eigenvalue weighted by atomic mass is 10.00. The summed E-state index contributed by atoms with van der Waals surface area (Å²) in [5, 5.41) is 12.9. The maximum absolute atomic E-state index is 12.9. The molecular formula is C15H23FN2O3. The van der Waals surface area contributed by atoms with E-state index in [1.807, 2.05) is 0 Å². The maximum Gasteiger partial charge on any atom is 0.407 e. The highest BCUT2D eigenvalue weighted by Gasteiger charge is 2.25. The Kier molecular flexibility index (Phi) is 6.11. The average Bonchev–Trinajstić information content (AvgIpc) is 2.36. The second-order valence-electron chi connectivity index (χ2n) is 5.83. The molecule has 118 valence electrons. The van der Waals surface area contributed by atoms with Gasteiger partial charge in [-0.25, -0.2) is 9.18 Å². The third kappa shape index (κ3) is 6.10. The normalized spacial score (nSPS) is 14.4. The molecule has 0 bridgehead atoms. The van der Waals surface area contributed by atoms with Crippen LogP contribution in [0.1, 0.15) is 38.9 Å². The largest absolute Gasteiger partial charge is 0.444 e. The third-order valence-electron chi connectivity index (χ3n) is 2.77. The monoisotopic (exact) mass is 298 g/mol. The number of hydrogen-bond donors (Lipinski definition) is 3. The molecule has 1 aromatic carbocycles. The van der Waals surface area contributed by atoms with Crippen molar-refractivity contribution in [1.29, 1.82) is 0 Å². The number of aliphatic hydroxyl groups excluding tert-OH is 1. The van der Waals surface area contributed by atoms with Crippen LogP contribution in [0.25, 0.3) is 0 Å². The zero-order valence-electron chi connectivity index (χ0n) is 12.6. The molecule has 0 aliphatic rings. The molecule has 0 aliphatic carbocycles. The molecule has 4 N–H and O–H groups in total. The number of aliphatic hydroxyl groups is 1. The van der Waals surface area contributed by atoms with Crippen molar-refractivity contribution >= 4 is 6.09 Å². The van der Waals surface area contributed by atoms with Gasteiger partial charge in [-0.05, 0) is 51.4 Å². The summed E-state index contributed by atoms with van der Waals surface area (Å²) < 4.78 is 18.1. The molecule has 6 heteroatoms. The van der Waals surface area contributed by atoms with Crippen LogP contribution in [0.2, 0.25) is 0 Å². The first-order valence-electron chi connectivity index (χ1n) is 6.86. The quantitative estimate of drug-likeness (QED) is 0.777. The molecule has 1 aromatic rings.